The average Bonchev–Trinajstić information content (AvgIpc) is 2.70. The summed E-state index contributed by atoms with van der Waals surface area (Å²) < 4.78 is 26.0. The van der Waals surface area contributed by atoms with Crippen molar-refractivity contribution in [3.8, 4) is 0 Å². The number of halogens is 2. The summed E-state index contributed by atoms with van der Waals surface area (Å²) in [7, 11) is 0. The summed E-state index contributed by atoms with van der Waals surface area (Å²) in [6, 6.07) is 6.84. The predicted molar refractivity (Wildman–Crippen MR) is 97.2 cm³/mol. The molecule has 2 N–H and O–H groups in total. The van der Waals surface area contributed by atoms with Crippen molar-refractivity contribution in [1.29, 1.82) is 0 Å². The van der Waals surface area contributed by atoms with Crippen LogP contribution in [0.25, 0.3) is 0 Å². The standard InChI is InChI=1S/C19H20F2N4O2/c20-16-2-1-14(11-17(16)21)24-19(27)18(26)23-12-13-5-9-25(10-6-13)15-3-7-22-8-4-15/h1-4,7-8,11,13H,5-6,9-10,12H2,(H,23,26)(H,24,27). The minimum atomic E-state index is -1.09. The lowest BCUT2D eigenvalue weighted by Gasteiger charge is -2.33. The third kappa shape index (κ3) is 4.99. The average molecular weight is 374 g/mol. The molecule has 8 heteroatoms. The Morgan fingerprint density at radius 2 is 1.74 bits per heavy atom. The Balaban J connectivity index is 1.42. The molecule has 1 aromatic heterocycles. The maximum atomic E-state index is 13.1. The molecule has 142 valence electrons. The molecule has 0 bridgehead atoms. The first-order valence-electron chi connectivity index (χ1n) is 8.72. The molecule has 0 saturated carbocycles. The monoisotopic (exact) mass is 374 g/mol. The highest BCUT2D eigenvalue weighted by molar-refractivity contribution is 6.39. The fourth-order valence-electron chi connectivity index (χ4n) is 3.03. The predicted octanol–water partition coefficient (Wildman–Crippen LogP) is 2.33. The number of carbonyl (C=O) groups excluding carboxylic acids is 2. The number of hydrogen-bond donors (Lipinski definition) is 2. The van der Waals surface area contributed by atoms with E-state index >= 15 is 0 Å². The Kier molecular flexibility index (Phi) is 5.95. The molecule has 1 saturated heterocycles. The van der Waals surface area contributed by atoms with Gasteiger partial charge in [-0.2, -0.15) is 0 Å². The molecule has 0 spiro atoms. The molecule has 2 heterocycles. The molecule has 3 rings (SSSR count). The number of benzene rings is 1. The van der Waals surface area contributed by atoms with Crippen molar-refractivity contribution < 1.29 is 18.4 Å². The van der Waals surface area contributed by atoms with Gasteiger partial charge < -0.3 is 15.5 Å². The van der Waals surface area contributed by atoms with Gasteiger partial charge in [0.1, 0.15) is 0 Å². The first-order valence-corrected chi connectivity index (χ1v) is 8.72. The second-order valence-electron chi connectivity index (χ2n) is 6.43. The zero-order valence-electron chi connectivity index (χ0n) is 14.6. The van der Waals surface area contributed by atoms with Crippen molar-refractivity contribution in [2.24, 2.45) is 5.92 Å². The van der Waals surface area contributed by atoms with E-state index < -0.39 is 23.4 Å². The van der Waals surface area contributed by atoms with Crippen LogP contribution in [-0.2, 0) is 9.59 Å². The van der Waals surface area contributed by atoms with Crippen LogP contribution in [0.2, 0.25) is 0 Å². The minimum Gasteiger partial charge on any atom is -0.371 e. The Labute approximate surface area is 155 Å². The van der Waals surface area contributed by atoms with Crippen molar-refractivity contribution in [3.05, 3.63) is 54.4 Å². The van der Waals surface area contributed by atoms with Crippen LogP contribution in [0.3, 0.4) is 0 Å². The Morgan fingerprint density at radius 3 is 2.41 bits per heavy atom. The quantitative estimate of drug-likeness (QED) is 0.806. The molecule has 2 amide bonds. The number of anilines is 2. The smallest absolute Gasteiger partial charge is 0.313 e. The molecular weight excluding hydrogens is 354 g/mol. The second kappa shape index (κ2) is 8.57. The molecule has 1 fully saturated rings. The van der Waals surface area contributed by atoms with E-state index in [0.717, 1.165) is 43.8 Å². The third-order valence-corrected chi connectivity index (χ3v) is 4.58. The molecule has 6 nitrogen and oxygen atoms in total. The van der Waals surface area contributed by atoms with Gasteiger partial charge in [0.25, 0.3) is 0 Å². The first kappa shape index (κ1) is 18.8. The van der Waals surface area contributed by atoms with Crippen molar-refractivity contribution in [2.75, 3.05) is 29.9 Å². The highest BCUT2D eigenvalue weighted by atomic mass is 19.2. The van der Waals surface area contributed by atoms with Gasteiger partial charge in [-0.3, -0.25) is 14.6 Å². The maximum Gasteiger partial charge on any atom is 0.313 e. The topological polar surface area (TPSA) is 74.3 Å². The summed E-state index contributed by atoms with van der Waals surface area (Å²) in [4.78, 5) is 30.1. The number of rotatable bonds is 4. The Bertz CT molecular complexity index is 809. The van der Waals surface area contributed by atoms with Crippen LogP contribution in [-0.4, -0.2) is 36.4 Å². The van der Waals surface area contributed by atoms with E-state index in [1.165, 1.54) is 6.07 Å². The molecule has 0 atom stereocenters. The van der Waals surface area contributed by atoms with E-state index in [-0.39, 0.29) is 11.6 Å². The van der Waals surface area contributed by atoms with Gasteiger partial charge in [0.15, 0.2) is 11.6 Å². The van der Waals surface area contributed by atoms with Crippen molar-refractivity contribution in [2.45, 2.75) is 12.8 Å². The lowest BCUT2D eigenvalue weighted by atomic mass is 9.96. The summed E-state index contributed by atoms with van der Waals surface area (Å²) in [5, 5.41) is 4.86. The van der Waals surface area contributed by atoms with Crippen LogP contribution in [0.1, 0.15) is 12.8 Å². The maximum absolute atomic E-state index is 13.1. The van der Waals surface area contributed by atoms with Gasteiger partial charge in [-0.15, -0.1) is 0 Å². The van der Waals surface area contributed by atoms with Gasteiger partial charge in [-0.05, 0) is 43.0 Å². The van der Waals surface area contributed by atoms with Gasteiger partial charge in [0.05, 0.1) is 0 Å². The highest BCUT2D eigenvalue weighted by Gasteiger charge is 2.21. The van der Waals surface area contributed by atoms with E-state index in [1.807, 2.05) is 12.1 Å². The zero-order chi connectivity index (χ0) is 19.2. The van der Waals surface area contributed by atoms with Crippen LogP contribution in [0.15, 0.2) is 42.7 Å². The number of nitrogens with zero attached hydrogens (tertiary/aromatic N) is 2. The summed E-state index contributed by atoms with van der Waals surface area (Å²) in [6.45, 7) is 2.13. The van der Waals surface area contributed by atoms with Crippen LogP contribution < -0.4 is 15.5 Å². The lowest BCUT2D eigenvalue weighted by molar-refractivity contribution is -0.136. The Morgan fingerprint density at radius 1 is 1.04 bits per heavy atom. The summed E-state index contributed by atoms with van der Waals surface area (Å²) in [6.07, 6.45) is 5.31. The van der Waals surface area contributed by atoms with E-state index in [1.54, 1.807) is 12.4 Å². The number of carbonyl (C=O) groups is 2. The molecule has 1 aliphatic heterocycles. The normalized spacial score (nSPS) is 14.7. The molecule has 0 unspecified atom stereocenters. The number of amides is 2. The fraction of sp³-hybridized carbons (Fsp3) is 0.316. The number of pyridine rings is 1. The number of aromatic nitrogens is 1. The summed E-state index contributed by atoms with van der Waals surface area (Å²) in [5.74, 6) is -3.53. The van der Waals surface area contributed by atoms with Crippen LogP contribution >= 0.6 is 0 Å². The largest absolute Gasteiger partial charge is 0.371 e. The SMILES string of the molecule is O=C(NCC1CCN(c2ccncc2)CC1)C(=O)Nc1ccc(F)c(F)c1. The molecule has 2 aromatic rings. The van der Waals surface area contributed by atoms with Crippen LogP contribution in [0, 0.1) is 17.6 Å². The van der Waals surface area contributed by atoms with Gasteiger partial charge in [-0.1, -0.05) is 0 Å². The van der Waals surface area contributed by atoms with Gasteiger partial charge >= 0.3 is 11.8 Å². The van der Waals surface area contributed by atoms with Crippen LogP contribution in [0.4, 0.5) is 20.2 Å². The Hall–Kier alpha value is -3.03. The van der Waals surface area contributed by atoms with E-state index in [4.69, 9.17) is 0 Å². The molecular formula is C19H20F2N4O2. The van der Waals surface area contributed by atoms with E-state index in [9.17, 15) is 18.4 Å². The van der Waals surface area contributed by atoms with Crippen molar-refractivity contribution in [1.82, 2.24) is 10.3 Å². The number of hydrogen-bond acceptors (Lipinski definition) is 4. The second-order valence-corrected chi connectivity index (χ2v) is 6.43. The zero-order valence-corrected chi connectivity index (χ0v) is 14.6. The van der Waals surface area contributed by atoms with Crippen molar-refractivity contribution in [3.63, 3.8) is 0 Å². The number of nitrogens with one attached hydrogen (secondary N) is 2. The van der Waals surface area contributed by atoms with Crippen molar-refractivity contribution >= 4 is 23.2 Å². The van der Waals surface area contributed by atoms with Crippen LogP contribution in [0.5, 0.6) is 0 Å². The highest BCUT2D eigenvalue weighted by Crippen LogP contribution is 2.22. The lowest BCUT2D eigenvalue weighted by Crippen LogP contribution is -2.41. The molecule has 27 heavy (non-hydrogen) atoms. The third-order valence-electron chi connectivity index (χ3n) is 4.58. The molecule has 0 aliphatic carbocycles. The number of piperidine rings is 1. The first-order chi connectivity index (χ1) is 13.0. The molecule has 0 radical (unpaired) electrons. The minimum absolute atomic E-state index is 0.0275. The van der Waals surface area contributed by atoms with Gasteiger partial charge in [0.2, 0.25) is 0 Å². The summed E-state index contributed by atoms with van der Waals surface area (Å²) >= 11 is 0. The van der Waals surface area contributed by atoms with E-state index in [0.29, 0.717) is 6.54 Å². The van der Waals surface area contributed by atoms with Gasteiger partial charge in [-0.25, -0.2) is 8.78 Å². The molecule has 1 aliphatic rings. The summed E-state index contributed by atoms with van der Waals surface area (Å²) in [5.41, 5.74) is 1.15. The molecule has 1 aromatic carbocycles. The fourth-order valence-corrected chi connectivity index (χ4v) is 3.03. The van der Waals surface area contributed by atoms with Gasteiger partial charge in [0, 0.05) is 49.5 Å². The van der Waals surface area contributed by atoms with E-state index in [2.05, 4.69) is 20.5 Å².